The minimum atomic E-state index is -4.58. The zero-order chi connectivity index (χ0) is 33.2. The summed E-state index contributed by atoms with van der Waals surface area (Å²) in [6.45, 7) is 11.1. The highest BCUT2D eigenvalue weighted by Gasteiger charge is 2.49. The predicted octanol–water partition coefficient (Wildman–Crippen LogP) is 4.48. The van der Waals surface area contributed by atoms with Crippen LogP contribution in [0.5, 0.6) is 0 Å². The number of likely N-dealkylation sites (tertiary alicyclic amines) is 2. The van der Waals surface area contributed by atoms with Crippen molar-refractivity contribution in [3.63, 3.8) is 0 Å². The molecule has 0 saturated carbocycles. The number of hydrazone groups is 1. The first-order valence-corrected chi connectivity index (χ1v) is 16.7. The van der Waals surface area contributed by atoms with Gasteiger partial charge in [0.05, 0.1) is 54.4 Å². The van der Waals surface area contributed by atoms with Crippen LogP contribution in [0, 0.1) is 5.92 Å². The molecule has 5 aliphatic rings. The Bertz CT molecular complexity index is 1530. The first-order chi connectivity index (χ1) is 22.3. The maximum atomic E-state index is 14.7. The van der Waals surface area contributed by atoms with E-state index < -0.39 is 17.3 Å². The number of amidine groups is 1. The van der Waals surface area contributed by atoms with Crippen molar-refractivity contribution in [2.24, 2.45) is 18.1 Å². The van der Waals surface area contributed by atoms with Gasteiger partial charge >= 0.3 is 12.3 Å². The number of fused-ring (bicyclic) bond motifs is 2. The van der Waals surface area contributed by atoms with E-state index in [2.05, 4.69) is 15.0 Å². The summed E-state index contributed by atoms with van der Waals surface area (Å²) < 4.78 is 56.8. The molecule has 3 saturated heterocycles. The number of rotatable bonds is 3. The van der Waals surface area contributed by atoms with Gasteiger partial charge in [-0.3, -0.25) is 14.6 Å². The Balaban J connectivity index is 1.25. The van der Waals surface area contributed by atoms with Crippen LogP contribution >= 0.6 is 0 Å². The van der Waals surface area contributed by atoms with Crippen LogP contribution in [0.25, 0.3) is 11.1 Å². The van der Waals surface area contributed by atoms with Crippen LogP contribution < -0.4 is 9.80 Å². The summed E-state index contributed by atoms with van der Waals surface area (Å²) in [4.78, 5) is 21.5. The molecule has 1 amide bonds. The van der Waals surface area contributed by atoms with Crippen molar-refractivity contribution in [3.8, 4) is 11.1 Å². The van der Waals surface area contributed by atoms with E-state index in [0.29, 0.717) is 55.6 Å². The Morgan fingerprint density at radius 2 is 1.70 bits per heavy atom. The van der Waals surface area contributed by atoms with Gasteiger partial charge in [-0.2, -0.15) is 23.4 Å². The second-order valence-corrected chi connectivity index (χ2v) is 14.5. The monoisotopic (exact) mass is 658 g/mol. The van der Waals surface area contributed by atoms with E-state index in [-0.39, 0.29) is 29.7 Å². The quantitative estimate of drug-likeness (QED) is 0.478. The molecule has 0 N–H and O–H groups in total. The normalized spacial score (nSPS) is 24.6. The molecule has 2 aromatic rings. The number of nitrogens with zero attached hydrogens (tertiary/aromatic N) is 8. The van der Waals surface area contributed by atoms with E-state index in [1.54, 1.807) is 24.2 Å². The number of aromatic nitrogens is 2. The second kappa shape index (κ2) is 11.9. The summed E-state index contributed by atoms with van der Waals surface area (Å²) in [5, 5.41) is 11.7. The average molecular weight is 659 g/mol. The van der Waals surface area contributed by atoms with Crippen LogP contribution in [0.15, 0.2) is 29.6 Å². The van der Waals surface area contributed by atoms with E-state index in [4.69, 9.17) is 14.6 Å². The number of halogens is 3. The first kappa shape index (κ1) is 32.0. The molecule has 0 spiro atoms. The molecule has 2 unspecified atom stereocenters. The maximum Gasteiger partial charge on any atom is 0.417 e. The minimum absolute atomic E-state index is 0.0483. The standard InChI is InChI=1S/C33H45F3N8O3/c1-32(2,3)47-31(45)42-11-8-27-25(18-42)30(38-44(27)22-6-9-41(10-7-22)23-19-46-20-23)43-13-12-39(4)28-14-24(21-16-37-40(5)17-21)26(15-29(28)43)33(34,35)36/h14-17,22-23,25,27H,6-13,18-20H2,1-5H3. The van der Waals surface area contributed by atoms with Crippen molar-refractivity contribution >= 4 is 23.3 Å². The summed E-state index contributed by atoms with van der Waals surface area (Å²) in [5.74, 6) is 0.563. The van der Waals surface area contributed by atoms with Gasteiger partial charge in [-0.1, -0.05) is 0 Å². The van der Waals surface area contributed by atoms with E-state index in [1.165, 1.54) is 16.9 Å². The minimum Gasteiger partial charge on any atom is -0.444 e. The highest BCUT2D eigenvalue weighted by molar-refractivity contribution is 6.05. The fourth-order valence-electron chi connectivity index (χ4n) is 7.69. The van der Waals surface area contributed by atoms with Gasteiger partial charge < -0.3 is 24.2 Å². The van der Waals surface area contributed by atoms with Gasteiger partial charge in [-0.25, -0.2) is 4.79 Å². The van der Waals surface area contributed by atoms with E-state index in [9.17, 15) is 18.0 Å². The number of carbonyl (C=O) groups excluding carboxylic acids is 1. The Kier molecular flexibility index (Phi) is 8.09. The largest absolute Gasteiger partial charge is 0.444 e. The lowest BCUT2D eigenvalue weighted by Crippen LogP contribution is -2.57. The zero-order valence-electron chi connectivity index (χ0n) is 27.8. The Labute approximate surface area is 273 Å². The number of benzene rings is 1. The summed E-state index contributed by atoms with van der Waals surface area (Å²) in [7, 11) is 3.60. The number of amides is 1. The molecule has 1 aromatic carbocycles. The van der Waals surface area contributed by atoms with Gasteiger partial charge in [0.2, 0.25) is 0 Å². The Morgan fingerprint density at radius 3 is 2.32 bits per heavy atom. The average Bonchev–Trinajstić information content (AvgIpc) is 3.58. The summed E-state index contributed by atoms with van der Waals surface area (Å²) in [6.07, 6.45) is 0.753. The fourth-order valence-corrected chi connectivity index (χ4v) is 7.69. The summed E-state index contributed by atoms with van der Waals surface area (Å²) in [6, 6.07) is 3.67. The number of anilines is 2. The van der Waals surface area contributed by atoms with E-state index in [1.807, 2.05) is 37.6 Å². The number of piperidine rings is 2. The first-order valence-electron chi connectivity index (χ1n) is 16.7. The number of hydrogen-bond donors (Lipinski definition) is 0. The third-order valence-electron chi connectivity index (χ3n) is 10.2. The molecule has 0 aliphatic carbocycles. The predicted molar refractivity (Wildman–Crippen MR) is 172 cm³/mol. The van der Waals surface area contributed by atoms with Crippen molar-refractivity contribution in [1.82, 2.24) is 24.6 Å². The van der Waals surface area contributed by atoms with Crippen LogP contribution in [0.1, 0.15) is 45.6 Å². The smallest absolute Gasteiger partial charge is 0.417 e. The molecule has 256 valence electrons. The van der Waals surface area contributed by atoms with Crippen LogP contribution in [0.4, 0.5) is 29.3 Å². The molecule has 5 aliphatic heterocycles. The van der Waals surface area contributed by atoms with Crippen molar-refractivity contribution in [3.05, 3.63) is 30.1 Å². The maximum absolute atomic E-state index is 14.7. The van der Waals surface area contributed by atoms with Gasteiger partial charge in [-0.15, -0.1) is 0 Å². The topological polar surface area (TPSA) is 81.9 Å². The van der Waals surface area contributed by atoms with E-state index in [0.717, 1.165) is 45.0 Å². The molecule has 0 radical (unpaired) electrons. The molecule has 2 atom stereocenters. The Hall–Kier alpha value is -3.52. The third-order valence-corrected chi connectivity index (χ3v) is 10.2. The van der Waals surface area contributed by atoms with Crippen molar-refractivity contribution < 1.29 is 27.4 Å². The van der Waals surface area contributed by atoms with Gasteiger partial charge in [0.1, 0.15) is 11.4 Å². The van der Waals surface area contributed by atoms with Gasteiger partial charge in [0.25, 0.3) is 0 Å². The van der Waals surface area contributed by atoms with Crippen LogP contribution in [0.3, 0.4) is 0 Å². The van der Waals surface area contributed by atoms with Gasteiger partial charge in [-0.05, 0) is 57.7 Å². The number of likely N-dealkylation sites (N-methyl/N-ethyl adjacent to an activating group) is 1. The molecule has 0 bridgehead atoms. The highest BCUT2D eigenvalue weighted by atomic mass is 19.4. The van der Waals surface area contributed by atoms with Crippen molar-refractivity contribution in [2.45, 2.75) is 69.9 Å². The lowest BCUT2D eigenvalue weighted by molar-refractivity contribution is -0.137. The third kappa shape index (κ3) is 6.14. The lowest BCUT2D eigenvalue weighted by Gasteiger charge is -2.45. The van der Waals surface area contributed by atoms with Crippen molar-refractivity contribution in [1.29, 1.82) is 0 Å². The number of alkyl halides is 3. The summed E-state index contributed by atoms with van der Waals surface area (Å²) >= 11 is 0. The fraction of sp³-hybridized carbons (Fsp3) is 0.667. The number of hydrogen-bond acceptors (Lipinski definition) is 9. The molecule has 1 aromatic heterocycles. The number of aryl methyl sites for hydroxylation is 1. The summed E-state index contributed by atoms with van der Waals surface area (Å²) in [5.41, 5.74) is 0.357. The van der Waals surface area contributed by atoms with Gasteiger partial charge in [0.15, 0.2) is 0 Å². The van der Waals surface area contributed by atoms with E-state index >= 15 is 0 Å². The van der Waals surface area contributed by atoms with Crippen molar-refractivity contribution in [2.75, 3.05) is 69.3 Å². The number of carbonyl (C=O) groups is 1. The molecule has 47 heavy (non-hydrogen) atoms. The molecule has 11 nitrogen and oxygen atoms in total. The Morgan fingerprint density at radius 1 is 0.957 bits per heavy atom. The molecule has 14 heteroatoms. The van der Waals surface area contributed by atoms with Gasteiger partial charge in [0, 0.05) is 71.2 Å². The molecular weight excluding hydrogens is 613 g/mol. The zero-order valence-corrected chi connectivity index (χ0v) is 27.8. The van der Waals surface area contributed by atoms with Crippen LogP contribution in [0.2, 0.25) is 0 Å². The molecule has 3 fully saturated rings. The molecule has 7 rings (SSSR count). The second-order valence-electron chi connectivity index (χ2n) is 14.5. The highest BCUT2D eigenvalue weighted by Crippen LogP contribution is 2.46. The van der Waals surface area contributed by atoms with Crippen LogP contribution in [-0.2, 0) is 22.7 Å². The lowest BCUT2D eigenvalue weighted by atomic mass is 9.89. The molecule has 6 heterocycles. The van der Waals surface area contributed by atoms with Crippen LogP contribution in [-0.4, -0.2) is 120 Å². The molecular formula is C33H45F3N8O3. The number of ether oxygens (including phenoxy) is 2. The SMILES string of the molecule is CN1CCN(C2=NN(C3CCN(C4COC4)CC3)C3CCN(C(=O)OC(C)(C)C)CC23)c2cc(C(F)(F)F)c(-c3cnn(C)c3)cc21.